The van der Waals surface area contributed by atoms with Crippen LogP contribution in [0.4, 0.5) is 0 Å². The van der Waals surface area contributed by atoms with E-state index in [2.05, 4.69) is 28.4 Å². The number of hydrogen-bond donors (Lipinski definition) is 1. The van der Waals surface area contributed by atoms with Crippen LogP contribution in [0.2, 0.25) is 0 Å². The van der Waals surface area contributed by atoms with Gasteiger partial charge < -0.3 is 9.88 Å². The molecule has 1 aliphatic rings. The van der Waals surface area contributed by atoms with Gasteiger partial charge in [0, 0.05) is 12.8 Å². The summed E-state index contributed by atoms with van der Waals surface area (Å²) in [4.78, 5) is 4.20. The van der Waals surface area contributed by atoms with Gasteiger partial charge in [0.05, 0.1) is 0 Å². The number of rotatable bonds is 2. The standard InChI is InChI=1S/C13H14BN2O/c1-2-5-12(6-3-1)14(16-9-10-17-14)13-7-4-8-15-11-13/h1-8,11,16H,9-10H2/q-1. The van der Waals surface area contributed by atoms with Crippen LogP contribution in [0.25, 0.3) is 0 Å². The first-order chi connectivity index (χ1) is 8.42. The second-order valence-electron chi connectivity index (χ2n) is 4.31. The summed E-state index contributed by atoms with van der Waals surface area (Å²) < 4.78 is 6.02. The minimum atomic E-state index is -1.28. The fraction of sp³-hybridized carbons (Fsp3) is 0.154. The SMILES string of the molecule is c1ccc([B-]2(c3cccnc3)NCCO2)cc1. The van der Waals surface area contributed by atoms with E-state index in [0.717, 1.165) is 18.6 Å². The predicted octanol–water partition coefficient (Wildman–Crippen LogP) is 0.258. The van der Waals surface area contributed by atoms with Gasteiger partial charge >= 0.3 is 0 Å². The van der Waals surface area contributed by atoms with E-state index in [1.54, 1.807) is 6.20 Å². The summed E-state index contributed by atoms with van der Waals surface area (Å²) in [6, 6.07) is 14.3. The van der Waals surface area contributed by atoms with Gasteiger partial charge in [-0.25, -0.2) is 0 Å². The molecule has 1 saturated heterocycles. The summed E-state index contributed by atoms with van der Waals surface area (Å²) in [6.07, 6.45) is 3.67. The molecule has 0 amide bonds. The molecule has 1 fully saturated rings. The molecule has 1 atom stereocenters. The molecule has 1 aromatic carbocycles. The van der Waals surface area contributed by atoms with Crippen molar-refractivity contribution in [2.24, 2.45) is 0 Å². The molecule has 3 rings (SSSR count). The van der Waals surface area contributed by atoms with Crippen molar-refractivity contribution in [3.8, 4) is 0 Å². The normalized spacial score (nSPS) is 23.8. The van der Waals surface area contributed by atoms with Crippen LogP contribution in [0.5, 0.6) is 0 Å². The third-order valence-electron chi connectivity index (χ3n) is 3.32. The van der Waals surface area contributed by atoms with E-state index in [4.69, 9.17) is 4.65 Å². The summed E-state index contributed by atoms with van der Waals surface area (Å²) in [5.74, 6) is 0. The molecule has 4 heteroatoms. The van der Waals surface area contributed by atoms with E-state index >= 15 is 0 Å². The van der Waals surface area contributed by atoms with Gasteiger partial charge in [-0.3, -0.25) is 4.98 Å². The largest absolute Gasteiger partial charge is 0.570 e. The first-order valence-corrected chi connectivity index (χ1v) is 5.92. The fourth-order valence-corrected chi connectivity index (χ4v) is 2.52. The summed E-state index contributed by atoms with van der Waals surface area (Å²) in [5, 5.41) is 3.50. The fourth-order valence-electron chi connectivity index (χ4n) is 2.52. The average Bonchev–Trinajstić information content (AvgIpc) is 2.91. The monoisotopic (exact) mass is 225 g/mol. The highest BCUT2D eigenvalue weighted by Crippen LogP contribution is 2.08. The Kier molecular flexibility index (Phi) is 2.67. The lowest BCUT2D eigenvalue weighted by Gasteiger charge is -2.37. The van der Waals surface area contributed by atoms with Crippen LogP contribution < -0.4 is 16.2 Å². The minimum absolute atomic E-state index is 0.740. The highest BCUT2D eigenvalue weighted by molar-refractivity contribution is 6.95. The third-order valence-corrected chi connectivity index (χ3v) is 3.32. The molecule has 1 N–H and O–H groups in total. The van der Waals surface area contributed by atoms with E-state index in [0.29, 0.717) is 0 Å². The number of nitrogens with one attached hydrogen (secondary N) is 1. The first kappa shape index (κ1) is 10.5. The summed E-state index contributed by atoms with van der Waals surface area (Å²) in [6.45, 7) is 0.337. The lowest BCUT2D eigenvalue weighted by molar-refractivity contribution is 0.367. The molecule has 2 aromatic rings. The van der Waals surface area contributed by atoms with E-state index in [9.17, 15) is 0 Å². The zero-order chi connectivity index (χ0) is 11.6. The van der Waals surface area contributed by atoms with Gasteiger partial charge in [-0.1, -0.05) is 36.4 Å². The van der Waals surface area contributed by atoms with Gasteiger partial charge in [0.15, 0.2) is 0 Å². The molecule has 1 unspecified atom stereocenters. The van der Waals surface area contributed by atoms with Gasteiger partial charge in [-0.2, -0.15) is 5.46 Å². The Hall–Kier alpha value is -1.65. The maximum absolute atomic E-state index is 6.02. The molecular formula is C13H14BN2O-. The van der Waals surface area contributed by atoms with Crippen LogP contribution in [0.15, 0.2) is 54.9 Å². The maximum atomic E-state index is 6.02. The molecule has 1 aliphatic heterocycles. The molecule has 2 heterocycles. The topological polar surface area (TPSA) is 34.2 Å². The number of pyridine rings is 1. The van der Waals surface area contributed by atoms with Crippen molar-refractivity contribution in [3.63, 3.8) is 0 Å². The second-order valence-corrected chi connectivity index (χ2v) is 4.31. The van der Waals surface area contributed by atoms with Crippen molar-refractivity contribution >= 4 is 17.4 Å². The zero-order valence-corrected chi connectivity index (χ0v) is 9.54. The molecule has 0 saturated carbocycles. The molecule has 0 aliphatic carbocycles. The van der Waals surface area contributed by atoms with Crippen molar-refractivity contribution in [1.82, 2.24) is 10.2 Å². The molecule has 0 radical (unpaired) electrons. The summed E-state index contributed by atoms with van der Waals surface area (Å²) in [5.41, 5.74) is 2.29. The van der Waals surface area contributed by atoms with E-state index in [-0.39, 0.29) is 0 Å². The Bertz CT molecular complexity index is 442. The van der Waals surface area contributed by atoms with Gasteiger partial charge in [0.25, 0.3) is 0 Å². The van der Waals surface area contributed by atoms with Crippen molar-refractivity contribution < 1.29 is 4.65 Å². The quantitative estimate of drug-likeness (QED) is 0.744. The number of aromatic nitrogens is 1. The second kappa shape index (κ2) is 4.32. The van der Waals surface area contributed by atoms with Crippen molar-refractivity contribution in [1.29, 1.82) is 0 Å². The van der Waals surface area contributed by atoms with Gasteiger partial charge in [0.1, 0.15) is 0 Å². The molecule has 1 aromatic heterocycles. The molecule has 17 heavy (non-hydrogen) atoms. The Morgan fingerprint density at radius 2 is 1.88 bits per heavy atom. The Balaban J connectivity index is 2.11. The molecule has 3 nitrogen and oxygen atoms in total. The first-order valence-electron chi connectivity index (χ1n) is 5.92. The highest BCUT2D eigenvalue weighted by atomic mass is 16.5. The summed E-state index contributed by atoms with van der Waals surface area (Å²) >= 11 is 0. The van der Waals surface area contributed by atoms with Gasteiger partial charge in [-0.15, -0.1) is 5.46 Å². The zero-order valence-electron chi connectivity index (χ0n) is 9.54. The van der Waals surface area contributed by atoms with E-state index < -0.39 is 6.48 Å². The van der Waals surface area contributed by atoms with Crippen LogP contribution in [0.3, 0.4) is 0 Å². The maximum Gasteiger partial charge on any atom is 0.240 e. The third kappa shape index (κ3) is 1.75. The van der Waals surface area contributed by atoms with Crippen LogP contribution in [-0.4, -0.2) is 24.6 Å². The van der Waals surface area contributed by atoms with Crippen molar-refractivity contribution in [2.45, 2.75) is 0 Å². The number of benzene rings is 1. The number of hydrogen-bond acceptors (Lipinski definition) is 3. The summed E-state index contributed by atoms with van der Waals surface area (Å²) in [7, 11) is 0. The van der Waals surface area contributed by atoms with Crippen LogP contribution in [-0.2, 0) is 4.65 Å². The average molecular weight is 225 g/mol. The molecule has 0 spiro atoms. The van der Waals surface area contributed by atoms with Gasteiger partial charge in [-0.05, 0) is 18.8 Å². The number of nitrogens with zero attached hydrogens (tertiary/aromatic N) is 1. The predicted molar refractivity (Wildman–Crippen MR) is 69.7 cm³/mol. The van der Waals surface area contributed by atoms with E-state index in [1.807, 2.05) is 30.5 Å². The van der Waals surface area contributed by atoms with Crippen molar-refractivity contribution in [2.75, 3.05) is 13.2 Å². The Morgan fingerprint density at radius 3 is 2.53 bits per heavy atom. The molecule has 0 bridgehead atoms. The smallest absolute Gasteiger partial charge is 0.240 e. The minimum Gasteiger partial charge on any atom is -0.570 e. The molecular weight excluding hydrogens is 211 g/mol. The lowest BCUT2D eigenvalue weighted by atomic mass is 9.43. The van der Waals surface area contributed by atoms with Crippen LogP contribution in [0.1, 0.15) is 0 Å². The van der Waals surface area contributed by atoms with Crippen LogP contribution in [0, 0.1) is 0 Å². The van der Waals surface area contributed by atoms with E-state index in [1.165, 1.54) is 5.46 Å². The Morgan fingerprint density at radius 1 is 1.06 bits per heavy atom. The highest BCUT2D eigenvalue weighted by Gasteiger charge is 2.32. The van der Waals surface area contributed by atoms with Crippen molar-refractivity contribution in [3.05, 3.63) is 54.9 Å². The van der Waals surface area contributed by atoms with Crippen LogP contribution >= 0.6 is 0 Å². The molecule has 86 valence electrons. The lowest BCUT2D eigenvalue weighted by Crippen LogP contribution is -2.67. The van der Waals surface area contributed by atoms with Gasteiger partial charge in [0.2, 0.25) is 6.48 Å². The Labute approximate surface area is 101 Å².